The maximum atomic E-state index is 13.2. The molecule has 0 aliphatic rings. The number of carbonyl (C=O) groups excluding carboxylic acids is 1. The summed E-state index contributed by atoms with van der Waals surface area (Å²) in [6.45, 7) is 3.52. The molecule has 2 aromatic carbocycles. The van der Waals surface area contributed by atoms with Crippen molar-refractivity contribution in [2.24, 2.45) is 0 Å². The van der Waals surface area contributed by atoms with Gasteiger partial charge in [-0.25, -0.2) is 4.39 Å². The van der Waals surface area contributed by atoms with E-state index in [0.29, 0.717) is 17.2 Å². The van der Waals surface area contributed by atoms with Gasteiger partial charge in [-0.3, -0.25) is 4.79 Å². The van der Waals surface area contributed by atoms with Crippen molar-refractivity contribution in [1.29, 1.82) is 0 Å². The molecule has 0 heterocycles. The van der Waals surface area contributed by atoms with Crippen LogP contribution in [0.1, 0.15) is 18.1 Å². The minimum absolute atomic E-state index is 0.199. The number of hydrogen-bond donors (Lipinski definition) is 1. The molecule has 4 nitrogen and oxygen atoms in total. The Morgan fingerprint density at radius 2 is 2.00 bits per heavy atom. The molecule has 0 radical (unpaired) electrons. The third-order valence-corrected chi connectivity index (χ3v) is 3.38. The SMILES string of the molecule is C/C=C\c1ccc(OCC(=O)Nc2cc(F)ccc2C)c(OC)c1. The zero-order chi connectivity index (χ0) is 17.5. The van der Waals surface area contributed by atoms with E-state index in [1.54, 1.807) is 19.1 Å². The largest absolute Gasteiger partial charge is 0.493 e. The van der Waals surface area contributed by atoms with Crippen molar-refractivity contribution in [3.63, 3.8) is 0 Å². The molecular weight excluding hydrogens is 309 g/mol. The quantitative estimate of drug-likeness (QED) is 0.864. The first-order valence-corrected chi connectivity index (χ1v) is 7.53. The van der Waals surface area contributed by atoms with E-state index >= 15 is 0 Å². The number of rotatable bonds is 6. The summed E-state index contributed by atoms with van der Waals surface area (Å²) in [4.78, 5) is 12.0. The normalized spacial score (nSPS) is 10.7. The molecule has 0 aliphatic heterocycles. The molecule has 0 unspecified atom stereocenters. The average molecular weight is 329 g/mol. The molecule has 0 aliphatic carbocycles. The highest BCUT2D eigenvalue weighted by Gasteiger charge is 2.10. The molecule has 0 aromatic heterocycles. The van der Waals surface area contributed by atoms with Crippen LogP contribution in [0.5, 0.6) is 11.5 Å². The van der Waals surface area contributed by atoms with Crippen LogP contribution in [0.25, 0.3) is 6.08 Å². The zero-order valence-corrected chi connectivity index (χ0v) is 13.9. The summed E-state index contributed by atoms with van der Waals surface area (Å²) >= 11 is 0. The van der Waals surface area contributed by atoms with Gasteiger partial charge in [-0.2, -0.15) is 0 Å². The van der Waals surface area contributed by atoms with Crippen molar-refractivity contribution in [2.75, 3.05) is 19.0 Å². The van der Waals surface area contributed by atoms with Crippen LogP contribution in [0.15, 0.2) is 42.5 Å². The van der Waals surface area contributed by atoms with Gasteiger partial charge in [0.15, 0.2) is 18.1 Å². The van der Waals surface area contributed by atoms with Crippen LogP contribution < -0.4 is 14.8 Å². The van der Waals surface area contributed by atoms with Gasteiger partial charge in [-0.1, -0.05) is 24.3 Å². The number of amides is 1. The Morgan fingerprint density at radius 3 is 2.71 bits per heavy atom. The minimum Gasteiger partial charge on any atom is -0.493 e. The lowest BCUT2D eigenvalue weighted by Crippen LogP contribution is -2.21. The van der Waals surface area contributed by atoms with Crippen molar-refractivity contribution >= 4 is 17.7 Å². The lowest BCUT2D eigenvalue weighted by molar-refractivity contribution is -0.118. The molecule has 0 saturated carbocycles. The van der Waals surface area contributed by atoms with Gasteiger partial charge in [-0.15, -0.1) is 0 Å². The van der Waals surface area contributed by atoms with Crippen LogP contribution in [0.4, 0.5) is 10.1 Å². The van der Waals surface area contributed by atoms with E-state index in [-0.39, 0.29) is 12.5 Å². The number of methoxy groups -OCH3 is 1. The first kappa shape index (κ1) is 17.5. The van der Waals surface area contributed by atoms with Gasteiger partial charge in [0, 0.05) is 5.69 Å². The molecule has 0 saturated heterocycles. The third kappa shape index (κ3) is 4.59. The summed E-state index contributed by atoms with van der Waals surface area (Å²) in [5, 5.41) is 2.63. The number of benzene rings is 2. The van der Waals surface area contributed by atoms with Gasteiger partial charge in [0.2, 0.25) is 0 Å². The average Bonchev–Trinajstić information content (AvgIpc) is 2.57. The topological polar surface area (TPSA) is 47.6 Å². The lowest BCUT2D eigenvalue weighted by Gasteiger charge is -2.12. The predicted molar refractivity (Wildman–Crippen MR) is 93.0 cm³/mol. The minimum atomic E-state index is -0.405. The number of nitrogens with one attached hydrogen (secondary N) is 1. The van der Waals surface area contributed by atoms with Crippen LogP contribution in [-0.2, 0) is 4.79 Å². The summed E-state index contributed by atoms with van der Waals surface area (Å²) in [6.07, 6.45) is 3.86. The second-order valence-corrected chi connectivity index (χ2v) is 5.21. The molecule has 0 atom stereocenters. The van der Waals surface area contributed by atoms with Crippen LogP contribution in [0.3, 0.4) is 0 Å². The highest BCUT2D eigenvalue weighted by atomic mass is 19.1. The predicted octanol–water partition coefficient (Wildman–Crippen LogP) is 4.19. The first-order chi connectivity index (χ1) is 11.5. The maximum absolute atomic E-state index is 13.2. The molecule has 0 bridgehead atoms. The number of allylic oxidation sites excluding steroid dienone is 1. The second kappa shape index (κ2) is 8.15. The molecule has 0 spiro atoms. The fraction of sp³-hybridized carbons (Fsp3) is 0.211. The highest BCUT2D eigenvalue weighted by molar-refractivity contribution is 5.92. The van der Waals surface area contributed by atoms with Gasteiger partial charge in [0.05, 0.1) is 7.11 Å². The molecule has 2 aromatic rings. The Bertz CT molecular complexity index is 756. The Hall–Kier alpha value is -2.82. The molecule has 5 heteroatoms. The van der Waals surface area contributed by atoms with E-state index in [2.05, 4.69) is 5.32 Å². The zero-order valence-electron chi connectivity index (χ0n) is 13.9. The van der Waals surface area contributed by atoms with Crippen molar-refractivity contribution in [3.05, 3.63) is 59.4 Å². The van der Waals surface area contributed by atoms with Crippen molar-refractivity contribution < 1.29 is 18.7 Å². The number of carbonyl (C=O) groups is 1. The number of aryl methyl sites for hydroxylation is 1. The summed E-state index contributed by atoms with van der Waals surface area (Å²) < 4.78 is 24.0. The van der Waals surface area contributed by atoms with Crippen LogP contribution in [0.2, 0.25) is 0 Å². The van der Waals surface area contributed by atoms with Crippen LogP contribution >= 0.6 is 0 Å². The van der Waals surface area contributed by atoms with Crippen LogP contribution in [-0.4, -0.2) is 19.6 Å². The van der Waals surface area contributed by atoms with Gasteiger partial charge < -0.3 is 14.8 Å². The molecule has 24 heavy (non-hydrogen) atoms. The lowest BCUT2D eigenvalue weighted by atomic mass is 10.2. The van der Waals surface area contributed by atoms with E-state index in [9.17, 15) is 9.18 Å². The number of halogens is 1. The Morgan fingerprint density at radius 1 is 1.21 bits per heavy atom. The van der Waals surface area contributed by atoms with E-state index in [4.69, 9.17) is 9.47 Å². The standard InChI is InChI=1S/C19H20FNO3/c1-4-5-14-7-9-17(18(10-14)23-3)24-12-19(22)21-16-11-15(20)8-6-13(16)2/h4-11H,12H2,1-3H3,(H,21,22)/b5-4-. The summed E-state index contributed by atoms with van der Waals surface area (Å²) in [7, 11) is 1.54. The van der Waals surface area contributed by atoms with Crippen molar-refractivity contribution in [2.45, 2.75) is 13.8 Å². The molecular formula is C19H20FNO3. The van der Waals surface area contributed by atoms with Gasteiger partial charge >= 0.3 is 0 Å². The van der Waals surface area contributed by atoms with Gasteiger partial charge in [0.1, 0.15) is 5.82 Å². The molecule has 126 valence electrons. The number of anilines is 1. The van der Waals surface area contributed by atoms with E-state index < -0.39 is 5.82 Å². The van der Waals surface area contributed by atoms with E-state index in [0.717, 1.165) is 11.1 Å². The Kier molecular flexibility index (Phi) is 5.95. The number of hydrogen-bond acceptors (Lipinski definition) is 3. The highest BCUT2D eigenvalue weighted by Crippen LogP contribution is 2.28. The second-order valence-electron chi connectivity index (χ2n) is 5.21. The summed E-state index contributed by atoms with van der Waals surface area (Å²) in [5.74, 6) is 0.235. The molecule has 1 amide bonds. The Balaban J connectivity index is 2.02. The van der Waals surface area contributed by atoms with E-state index in [1.165, 1.54) is 19.2 Å². The smallest absolute Gasteiger partial charge is 0.262 e. The maximum Gasteiger partial charge on any atom is 0.262 e. The number of ether oxygens (including phenoxy) is 2. The van der Waals surface area contributed by atoms with Crippen molar-refractivity contribution in [1.82, 2.24) is 0 Å². The van der Waals surface area contributed by atoms with Gasteiger partial charge in [-0.05, 0) is 49.2 Å². The first-order valence-electron chi connectivity index (χ1n) is 7.53. The van der Waals surface area contributed by atoms with Crippen molar-refractivity contribution in [3.8, 4) is 11.5 Å². The fourth-order valence-corrected chi connectivity index (χ4v) is 2.16. The van der Waals surface area contributed by atoms with E-state index in [1.807, 2.05) is 31.2 Å². The van der Waals surface area contributed by atoms with Gasteiger partial charge in [0.25, 0.3) is 5.91 Å². The Labute approximate surface area is 140 Å². The molecule has 0 fully saturated rings. The third-order valence-electron chi connectivity index (χ3n) is 3.38. The molecule has 1 N–H and O–H groups in total. The summed E-state index contributed by atoms with van der Waals surface area (Å²) in [5.41, 5.74) is 2.18. The van der Waals surface area contributed by atoms with Crippen LogP contribution in [0, 0.1) is 12.7 Å². The fourth-order valence-electron chi connectivity index (χ4n) is 2.16. The molecule has 2 rings (SSSR count). The monoisotopic (exact) mass is 329 g/mol. The summed E-state index contributed by atoms with van der Waals surface area (Å²) in [6, 6.07) is 9.67.